The molecule has 0 aliphatic carbocycles. The van der Waals surface area contributed by atoms with Gasteiger partial charge in [0.05, 0.1) is 11.0 Å². The molecule has 0 radical (unpaired) electrons. The SMILES string of the molecule is Cn1c(CCNc2ccc(/C=C/C(N)=O)cc2)nc2cc(N(CCCl)CCCl)ccc21. The van der Waals surface area contributed by atoms with Crippen molar-refractivity contribution in [1.82, 2.24) is 9.55 Å². The fourth-order valence-electron chi connectivity index (χ4n) is 3.44. The molecule has 0 spiro atoms. The van der Waals surface area contributed by atoms with Gasteiger partial charge in [0.2, 0.25) is 5.91 Å². The second kappa shape index (κ2) is 11.1. The molecule has 3 aromatic rings. The number of hydrogen-bond acceptors (Lipinski definition) is 4. The average molecular weight is 460 g/mol. The Morgan fingerprint density at radius 3 is 2.52 bits per heavy atom. The van der Waals surface area contributed by atoms with Crippen LogP contribution in [0.2, 0.25) is 0 Å². The van der Waals surface area contributed by atoms with Gasteiger partial charge in [0.25, 0.3) is 0 Å². The first kappa shape index (κ1) is 23.0. The Morgan fingerprint density at radius 1 is 1.16 bits per heavy atom. The largest absolute Gasteiger partial charge is 0.385 e. The summed E-state index contributed by atoms with van der Waals surface area (Å²) in [5, 5.41) is 3.41. The van der Waals surface area contributed by atoms with E-state index in [2.05, 4.69) is 33.0 Å². The van der Waals surface area contributed by atoms with E-state index in [4.69, 9.17) is 33.9 Å². The predicted octanol–water partition coefficient (Wildman–Crippen LogP) is 4.01. The van der Waals surface area contributed by atoms with Gasteiger partial charge in [-0.1, -0.05) is 12.1 Å². The zero-order chi connectivity index (χ0) is 22.2. The van der Waals surface area contributed by atoms with E-state index in [0.29, 0.717) is 11.8 Å². The van der Waals surface area contributed by atoms with Gasteiger partial charge in [-0.2, -0.15) is 0 Å². The summed E-state index contributed by atoms with van der Waals surface area (Å²) in [5.74, 6) is 1.66. The molecule has 0 aliphatic rings. The van der Waals surface area contributed by atoms with Crippen molar-refractivity contribution < 1.29 is 4.79 Å². The molecule has 31 heavy (non-hydrogen) atoms. The lowest BCUT2D eigenvalue weighted by atomic mass is 10.2. The number of nitrogens with one attached hydrogen (secondary N) is 1. The molecule has 0 atom stereocenters. The highest BCUT2D eigenvalue weighted by atomic mass is 35.5. The van der Waals surface area contributed by atoms with Crippen molar-refractivity contribution >= 4 is 57.6 Å². The number of primary amides is 1. The number of hydrogen-bond donors (Lipinski definition) is 2. The lowest BCUT2D eigenvalue weighted by molar-refractivity contribution is -0.113. The molecule has 1 aromatic heterocycles. The smallest absolute Gasteiger partial charge is 0.241 e. The first-order valence-corrected chi connectivity index (χ1v) is 11.2. The third kappa shape index (κ3) is 6.15. The number of amides is 1. The first-order chi connectivity index (χ1) is 15.0. The monoisotopic (exact) mass is 459 g/mol. The minimum Gasteiger partial charge on any atom is -0.385 e. The van der Waals surface area contributed by atoms with Crippen molar-refractivity contribution in [2.45, 2.75) is 6.42 Å². The summed E-state index contributed by atoms with van der Waals surface area (Å²) in [5.41, 5.74) is 10.2. The summed E-state index contributed by atoms with van der Waals surface area (Å²) in [7, 11) is 2.04. The highest BCUT2D eigenvalue weighted by molar-refractivity contribution is 6.18. The molecule has 0 aliphatic heterocycles. The Balaban J connectivity index is 1.65. The molecule has 0 bridgehead atoms. The highest BCUT2D eigenvalue weighted by Gasteiger charge is 2.11. The van der Waals surface area contributed by atoms with Gasteiger partial charge in [0, 0.05) is 62.3 Å². The maximum Gasteiger partial charge on any atom is 0.241 e. The van der Waals surface area contributed by atoms with Crippen LogP contribution in [0, 0.1) is 0 Å². The van der Waals surface area contributed by atoms with Gasteiger partial charge in [-0.25, -0.2) is 4.98 Å². The van der Waals surface area contributed by atoms with Gasteiger partial charge in [0.1, 0.15) is 5.82 Å². The van der Waals surface area contributed by atoms with Gasteiger partial charge >= 0.3 is 0 Å². The molecule has 2 aromatic carbocycles. The molecule has 0 saturated carbocycles. The number of nitrogens with zero attached hydrogens (tertiary/aromatic N) is 3. The Hall–Kier alpha value is -2.70. The van der Waals surface area contributed by atoms with Crippen LogP contribution in [0.1, 0.15) is 11.4 Å². The Morgan fingerprint density at radius 2 is 1.87 bits per heavy atom. The van der Waals surface area contributed by atoms with Crippen LogP contribution in [-0.4, -0.2) is 46.9 Å². The molecule has 1 heterocycles. The van der Waals surface area contributed by atoms with Crippen LogP contribution in [-0.2, 0) is 18.3 Å². The van der Waals surface area contributed by atoms with E-state index < -0.39 is 5.91 Å². The highest BCUT2D eigenvalue weighted by Crippen LogP contribution is 2.23. The Labute approximate surface area is 192 Å². The quantitative estimate of drug-likeness (QED) is 0.335. The van der Waals surface area contributed by atoms with Crippen molar-refractivity contribution in [3.8, 4) is 0 Å². The Kier molecular flexibility index (Phi) is 8.20. The van der Waals surface area contributed by atoms with E-state index in [1.807, 2.05) is 31.3 Å². The van der Waals surface area contributed by atoms with Crippen molar-refractivity contribution in [2.24, 2.45) is 12.8 Å². The van der Waals surface area contributed by atoms with Crippen molar-refractivity contribution in [3.05, 3.63) is 59.9 Å². The zero-order valence-electron chi connectivity index (χ0n) is 17.5. The fourth-order valence-corrected chi connectivity index (χ4v) is 3.85. The number of aromatic nitrogens is 2. The maximum absolute atomic E-state index is 10.8. The second-order valence-corrected chi connectivity index (χ2v) is 7.92. The molecular weight excluding hydrogens is 433 g/mol. The van der Waals surface area contributed by atoms with E-state index in [-0.39, 0.29) is 0 Å². The standard InChI is InChI=1S/C23H27Cl2N5O/c1-29-21-8-7-19(30(14-11-24)15-12-25)16-20(21)28-23(29)10-13-27-18-5-2-17(3-6-18)4-9-22(26)31/h2-9,16,27H,10-15H2,1H3,(H2,26,31)/b9-4+. The number of rotatable bonds is 11. The normalized spacial score (nSPS) is 11.3. The molecule has 1 amide bonds. The molecule has 3 rings (SSSR count). The molecule has 0 unspecified atom stereocenters. The summed E-state index contributed by atoms with van der Waals surface area (Å²) in [6.45, 7) is 2.26. The number of alkyl halides is 2. The van der Waals surface area contributed by atoms with E-state index >= 15 is 0 Å². The van der Waals surface area contributed by atoms with E-state index in [0.717, 1.165) is 59.9 Å². The van der Waals surface area contributed by atoms with E-state index in [1.165, 1.54) is 6.08 Å². The minimum absolute atomic E-state index is 0.456. The van der Waals surface area contributed by atoms with Crippen LogP contribution in [0.15, 0.2) is 48.5 Å². The third-order valence-electron chi connectivity index (χ3n) is 5.06. The van der Waals surface area contributed by atoms with Crippen LogP contribution in [0.5, 0.6) is 0 Å². The zero-order valence-corrected chi connectivity index (χ0v) is 19.0. The number of benzene rings is 2. The molecule has 0 fully saturated rings. The minimum atomic E-state index is -0.456. The van der Waals surface area contributed by atoms with Crippen molar-refractivity contribution in [2.75, 3.05) is 41.6 Å². The second-order valence-electron chi connectivity index (χ2n) is 7.16. The number of halogens is 2. The summed E-state index contributed by atoms with van der Waals surface area (Å²) in [4.78, 5) is 17.8. The van der Waals surface area contributed by atoms with E-state index in [1.54, 1.807) is 6.08 Å². The average Bonchev–Trinajstić information content (AvgIpc) is 3.08. The molecule has 0 saturated heterocycles. The number of carbonyl (C=O) groups excluding carboxylic acids is 1. The number of imidazole rings is 1. The molecule has 3 N–H and O–H groups in total. The summed E-state index contributed by atoms with van der Waals surface area (Å²) in [6, 6.07) is 14.1. The van der Waals surface area contributed by atoms with Crippen LogP contribution in [0.3, 0.4) is 0 Å². The lowest BCUT2D eigenvalue weighted by Gasteiger charge is -2.22. The van der Waals surface area contributed by atoms with Gasteiger partial charge in [-0.15, -0.1) is 23.2 Å². The summed E-state index contributed by atoms with van der Waals surface area (Å²) < 4.78 is 2.13. The van der Waals surface area contributed by atoms with Crippen molar-refractivity contribution in [1.29, 1.82) is 0 Å². The first-order valence-electron chi connectivity index (χ1n) is 10.2. The van der Waals surface area contributed by atoms with Gasteiger partial charge in [-0.3, -0.25) is 4.79 Å². The fraction of sp³-hybridized carbons (Fsp3) is 0.304. The van der Waals surface area contributed by atoms with Crippen LogP contribution >= 0.6 is 23.2 Å². The molecule has 8 heteroatoms. The molecule has 164 valence electrons. The topological polar surface area (TPSA) is 76.2 Å². The van der Waals surface area contributed by atoms with Gasteiger partial charge in [-0.05, 0) is 42.0 Å². The molecule has 6 nitrogen and oxygen atoms in total. The van der Waals surface area contributed by atoms with Crippen LogP contribution in [0.4, 0.5) is 11.4 Å². The van der Waals surface area contributed by atoms with E-state index in [9.17, 15) is 4.79 Å². The lowest BCUT2D eigenvalue weighted by Crippen LogP contribution is -2.27. The maximum atomic E-state index is 10.8. The number of aryl methyl sites for hydroxylation is 1. The number of fused-ring (bicyclic) bond motifs is 1. The summed E-state index contributed by atoms with van der Waals surface area (Å²) in [6.07, 6.45) is 3.84. The Bertz CT molecular complexity index is 1040. The number of carbonyl (C=O) groups is 1. The van der Waals surface area contributed by atoms with Crippen LogP contribution < -0.4 is 16.0 Å². The molecular formula is C23H27Cl2N5O. The number of anilines is 2. The van der Waals surface area contributed by atoms with Crippen LogP contribution in [0.25, 0.3) is 17.1 Å². The number of nitrogens with two attached hydrogens (primary N) is 1. The van der Waals surface area contributed by atoms with Gasteiger partial charge in [0.15, 0.2) is 0 Å². The predicted molar refractivity (Wildman–Crippen MR) is 131 cm³/mol. The van der Waals surface area contributed by atoms with Crippen molar-refractivity contribution in [3.63, 3.8) is 0 Å². The van der Waals surface area contributed by atoms with Gasteiger partial charge < -0.3 is 20.5 Å². The third-order valence-corrected chi connectivity index (χ3v) is 5.40. The summed E-state index contributed by atoms with van der Waals surface area (Å²) >= 11 is 11.9.